The molecule has 110 valence electrons. The summed E-state index contributed by atoms with van der Waals surface area (Å²) in [6, 6.07) is 16.1. The zero-order chi connectivity index (χ0) is 15.1. The Bertz CT molecular complexity index is 853. The van der Waals surface area contributed by atoms with Gasteiger partial charge in [0.1, 0.15) is 0 Å². The number of aromatic nitrogens is 1. The van der Waals surface area contributed by atoms with Crippen LogP contribution in [-0.4, -0.2) is 18.2 Å². The Morgan fingerprint density at radius 2 is 1.95 bits per heavy atom. The van der Waals surface area contributed by atoms with Crippen LogP contribution in [0.3, 0.4) is 0 Å². The van der Waals surface area contributed by atoms with E-state index in [1.54, 1.807) is 4.90 Å². The van der Waals surface area contributed by atoms with E-state index in [0.717, 1.165) is 28.6 Å². The number of ether oxygens (including phenoxy) is 1. The molecule has 1 aliphatic heterocycles. The summed E-state index contributed by atoms with van der Waals surface area (Å²) in [5.41, 5.74) is 4.31. The molecule has 0 aliphatic carbocycles. The van der Waals surface area contributed by atoms with Gasteiger partial charge in [-0.25, -0.2) is 4.79 Å². The van der Waals surface area contributed by atoms with Crippen molar-refractivity contribution < 1.29 is 9.53 Å². The van der Waals surface area contributed by atoms with Gasteiger partial charge in [-0.2, -0.15) is 0 Å². The molecule has 3 aromatic rings. The van der Waals surface area contributed by atoms with Crippen molar-refractivity contribution in [3.8, 4) is 0 Å². The van der Waals surface area contributed by atoms with Gasteiger partial charge in [-0.15, -0.1) is 0 Å². The Labute approximate surface area is 128 Å². The molecular formula is C18H16N2O2. The van der Waals surface area contributed by atoms with E-state index in [-0.39, 0.29) is 12.1 Å². The fourth-order valence-corrected chi connectivity index (χ4v) is 3.33. The molecule has 4 rings (SSSR count). The van der Waals surface area contributed by atoms with Crippen LogP contribution < -0.4 is 4.90 Å². The zero-order valence-electron chi connectivity index (χ0n) is 12.2. The number of para-hydroxylation sites is 2. The van der Waals surface area contributed by atoms with Gasteiger partial charge in [0.2, 0.25) is 0 Å². The second kappa shape index (κ2) is 4.91. The van der Waals surface area contributed by atoms with Crippen molar-refractivity contribution in [2.75, 3.05) is 12.0 Å². The largest absolute Gasteiger partial charge is 0.452 e. The number of methoxy groups -OCH3 is 1. The molecule has 2 heterocycles. The van der Waals surface area contributed by atoms with Gasteiger partial charge in [-0.3, -0.25) is 4.90 Å². The van der Waals surface area contributed by atoms with Crippen molar-refractivity contribution >= 4 is 22.7 Å². The first-order valence-corrected chi connectivity index (χ1v) is 7.30. The first-order valence-electron chi connectivity index (χ1n) is 7.30. The number of hydrogen-bond acceptors (Lipinski definition) is 2. The lowest BCUT2D eigenvalue weighted by molar-refractivity contribution is 0.176. The average Bonchev–Trinajstić information content (AvgIpc) is 3.15. The SMILES string of the molecule is COC(=O)N1c2ccccc2CC1c1c[nH]c2ccccc12. The summed E-state index contributed by atoms with van der Waals surface area (Å²) in [5.74, 6) is 0. The third-order valence-electron chi connectivity index (χ3n) is 4.33. The van der Waals surface area contributed by atoms with Gasteiger partial charge in [-0.05, 0) is 24.1 Å². The lowest BCUT2D eigenvalue weighted by Crippen LogP contribution is -2.31. The number of carbonyl (C=O) groups is 1. The van der Waals surface area contributed by atoms with Crippen molar-refractivity contribution in [2.24, 2.45) is 0 Å². The molecule has 1 aliphatic rings. The number of nitrogens with one attached hydrogen (secondary N) is 1. The van der Waals surface area contributed by atoms with Gasteiger partial charge < -0.3 is 9.72 Å². The highest BCUT2D eigenvalue weighted by Gasteiger charge is 2.36. The van der Waals surface area contributed by atoms with Crippen LogP contribution in [0, 0.1) is 0 Å². The van der Waals surface area contributed by atoms with Crippen LogP contribution >= 0.6 is 0 Å². The second-order valence-electron chi connectivity index (χ2n) is 5.48. The van der Waals surface area contributed by atoms with E-state index < -0.39 is 0 Å². The van der Waals surface area contributed by atoms with E-state index in [0.29, 0.717) is 0 Å². The highest BCUT2D eigenvalue weighted by Crippen LogP contribution is 2.42. The lowest BCUT2D eigenvalue weighted by atomic mass is 10.0. The van der Waals surface area contributed by atoms with Gasteiger partial charge in [-0.1, -0.05) is 36.4 Å². The van der Waals surface area contributed by atoms with Gasteiger partial charge in [0.25, 0.3) is 0 Å². The molecule has 0 saturated heterocycles. The number of aromatic amines is 1. The third kappa shape index (κ3) is 1.80. The summed E-state index contributed by atoms with van der Waals surface area (Å²) >= 11 is 0. The number of carbonyl (C=O) groups excluding carboxylic acids is 1. The monoisotopic (exact) mass is 292 g/mol. The van der Waals surface area contributed by atoms with E-state index in [9.17, 15) is 4.79 Å². The molecule has 0 radical (unpaired) electrons. The molecule has 0 saturated carbocycles. The molecule has 4 nitrogen and oxygen atoms in total. The maximum absolute atomic E-state index is 12.3. The van der Waals surface area contributed by atoms with Crippen molar-refractivity contribution in [3.63, 3.8) is 0 Å². The third-order valence-corrected chi connectivity index (χ3v) is 4.33. The number of hydrogen-bond donors (Lipinski definition) is 1. The van der Waals surface area contributed by atoms with Gasteiger partial charge in [0.15, 0.2) is 0 Å². The number of anilines is 1. The highest BCUT2D eigenvalue weighted by molar-refractivity contribution is 5.93. The molecule has 1 aromatic heterocycles. The second-order valence-corrected chi connectivity index (χ2v) is 5.48. The Morgan fingerprint density at radius 3 is 2.82 bits per heavy atom. The smallest absolute Gasteiger partial charge is 0.414 e. The molecule has 0 bridgehead atoms. The Morgan fingerprint density at radius 1 is 1.18 bits per heavy atom. The van der Waals surface area contributed by atoms with Crippen molar-refractivity contribution in [1.29, 1.82) is 0 Å². The Kier molecular flexibility index (Phi) is 2.89. The quantitative estimate of drug-likeness (QED) is 0.735. The van der Waals surface area contributed by atoms with Crippen LogP contribution in [0.2, 0.25) is 0 Å². The minimum Gasteiger partial charge on any atom is -0.452 e. The van der Waals surface area contributed by atoms with E-state index in [1.807, 2.05) is 42.6 Å². The summed E-state index contributed by atoms with van der Waals surface area (Å²) < 4.78 is 5.01. The van der Waals surface area contributed by atoms with E-state index in [1.165, 1.54) is 12.7 Å². The summed E-state index contributed by atoms with van der Waals surface area (Å²) in [6.07, 6.45) is 2.48. The Balaban J connectivity index is 1.86. The normalized spacial score (nSPS) is 16.8. The summed E-state index contributed by atoms with van der Waals surface area (Å²) in [7, 11) is 1.43. The number of rotatable bonds is 1. The number of benzene rings is 2. The molecular weight excluding hydrogens is 276 g/mol. The molecule has 2 aromatic carbocycles. The number of nitrogens with zero attached hydrogens (tertiary/aromatic N) is 1. The molecule has 22 heavy (non-hydrogen) atoms. The standard InChI is InChI=1S/C18H16N2O2/c1-22-18(21)20-16-9-5-2-6-12(16)10-17(20)14-11-19-15-8-4-3-7-13(14)15/h2-9,11,17,19H,10H2,1H3. The zero-order valence-corrected chi connectivity index (χ0v) is 12.2. The molecule has 0 fully saturated rings. The first kappa shape index (κ1) is 13.0. The molecule has 1 amide bonds. The van der Waals surface area contributed by atoms with Crippen molar-refractivity contribution in [3.05, 3.63) is 65.9 Å². The van der Waals surface area contributed by atoms with Crippen LogP contribution in [0.15, 0.2) is 54.7 Å². The average molecular weight is 292 g/mol. The van der Waals surface area contributed by atoms with Crippen LogP contribution in [0.25, 0.3) is 10.9 Å². The van der Waals surface area contributed by atoms with Crippen LogP contribution in [0.5, 0.6) is 0 Å². The summed E-state index contributed by atoms with van der Waals surface area (Å²) in [4.78, 5) is 17.4. The molecule has 1 N–H and O–H groups in total. The number of amides is 1. The van der Waals surface area contributed by atoms with Crippen LogP contribution in [0.4, 0.5) is 10.5 Å². The minimum atomic E-state index is -0.319. The Hall–Kier alpha value is -2.75. The predicted octanol–water partition coefficient (Wildman–Crippen LogP) is 4.04. The fourth-order valence-electron chi connectivity index (χ4n) is 3.33. The number of H-pyrrole nitrogens is 1. The lowest BCUT2D eigenvalue weighted by Gasteiger charge is -2.24. The number of fused-ring (bicyclic) bond motifs is 2. The maximum Gasteiger partial charge on any atom is 0.414 e. The summed E-state index contributed by atoms with van der Waals surface area (Å²) in [6.45, 7) is 0. The van der Waals surface area contributed by atoms with Gasteiger partial charge >= 0.3 is 6.09 Å². The van der Waals surface area contributed by atoms with Gasteiger partial charge in [0.05, 0.1) is 18.8 Å². The maximum atomic E-state index is 12.3. The minimum absolute atomic E-state index is 0.0407. The van der Waals surface area contributed by atoms with E-state index in [4.69, 9.17) is 4.74 Å². The predicted molar refractivity (Wildman–Crippen MR) is 86.1 cm³/mol. The van der Waals surface area contributed by atoms with E-state index >= 15 is 0 Å². The first-order chi connectivity index (χ1) is 10.8. The van der Waals surface area contributed by atoms with Crippen molar-refractivity contribution in [2.45, 2.75) is 12.5 Å². The topological polar surface area (TPSA) is 45.3 Å². The molecule has 0 spiro atoms. The van der Waals surface area contributed by atoms with E-state index in [2.05, 4.69) is 17.1 Å². The van der Waals surface area contributed by atoms with Crippen LogP contribution in [0.1, 0.15) is 17.2 Å². The van der Waals surface area contributed by atoms with Crippen molar-refractivity contribution in [1.82, 2.24) is 4.98 Å². The van der Waals surface area contributed by atoms with Crippen LogP contribution in [-0.2, 0) is 11.2 Å². The summed E-state index contributed by atoms with van der Waals surface area (Å²) in [5, 5.41) is 1.15. The molecule has 4 heteroatoms. The molecule has 1 atom stereocenters. The fraction of sp³-hybridized carbons (Fsp3) is 0.167. The molecule has 1 unspecified atom stereocenters. The highest BCUT2D eigenvalue weighted by atomic mass is 16.5. The van der Waals surface area contributed by atoms with Gasteiger partial charge in [0, 0.05) is 22.7 Å².